The van der Waals surface area contributed by atoms with Crippen LogP contribution in [0.15, 0.2) is 30.6 Å². The zero-order valence-electron chi connectivity index (χ0n) is 14.3. The number of carbonyl (C=O) groups is 1. The smallest absolute Gasteiger partial charge is 0.320 e. The van der Waals surface area contributed by atoms with Crippen LogP contribution in [0.1, 0.15) is 15.4 Å². The Bertz CT molecular complexity index is 791. The van der Waals surface area contributed by atoms with Crippen LogP contribution in [0.3, 0.4) is 0 Å². The highest BCUT2D eigenvalue weighted by atomic mass is 16.5. The molecular formula is C16H27N7O2. The number of amides is 2. The molecular weight excluding hydrogens is 322 g/mol. The maximum absolute atomic E-state index is 12.0. The largest absolute Gasteiger partial charge is 0.481 e. The third-order valence-corrected chi connectivity index (χ3v) is 3.36. The van der Waals surface area contributed by atoms with E-state index in [2.05, 4.69) is 20.6 Å². The second-order valence-corrected chi connectivity index (χ2v) is 5.38. The summed E-state index contributed by atoms with van der Waals surface area (Å²) in [4.78, 5) is 22.3. The first-order valence-corrected chi connectivity index (χ1v) is 7.47. The van der Waals surface area contributed by atoms with Gasteiger partial charge in [0.25, 0.3) is 0 Å². The van der Waals surface area contributed by atoms with Crippen molar-refractivity contribution in [3.05, 3.63) is 41.7 Å². The van der Waals surface area contributed by atoms with Gasteiger partial charge in [-0.05, 0) is 6.07 Å². The first-order valence-electron chi connectivity index (χ1n) is 7.47. The lowest BCUT2D eigenvalue weighted by Crippen LogP contribution is -2.29. The van der Waals surface area contributed by atoms with Crippen LogP contribution in [0, 0.1) is 5.41 Å². The molecule has 2 aromatic heterocycles. The van der Waals surface area contributed by atoms with Crippen molar-refractivity contribution in [2.24, 2.45) is 0 Å². The number of nitrogen functional groups attached to an aromatic ring is 1. The highest BCUT2D eigenvalue weighted by molar-refractivity contribution is 5.97. The maximum atomic E-state index is 12.0. The van der Waals surface area contributed by atoms with Crippen LogP contribution in [0.2, 0.25) is 0 Å². The summed E-state index contributed by atoms with van der Waals surface area (Å²) in [5, 5.41) is 12.9. The fourth-order valence-electron chi connectivity index (χ4n) is 2.15. The van der Waals surface area contributed by atoms with Gasteiger partial charge in [0.05, 0.1) is 12.7 Å². The minimum Gasteiger partial charge on any atom is -0.481 e. The zero-order chi connectivity index (χ0) is 18.4. The quantitative estimate of drug-likeness (QED) is 0.483. The first kappa shape index (κ1) is 18.0. The van der Waals surface area contributed by atoms with Crippen molar-refractivity contribution in [3.8, 4) is 0 Å². The maximum Gasteiger partial charge on any atom is 0.320 e. The Morgan fingerprint density at radius 1 is 1.44 bits per heavy atom. The van der Waals surface area contributed by atoms with Crippen LogP contribution in [-0.4, -0.2) is 43.1 Å². The Morgan fingerprint density at radius 2 is 2.20 bits per heavy atom. The molecule has 5 N–H and O–H groups in total. The molecule has 0 saturated carbocycles. The molecule has 2 amide bonds. The Hall–Kier alpha value is -3.36. The number of methoxy groups -OCH3 is 1. The van der Waals surface area contributed by atoms with E-state index >= 15 is 0 Å². The van der Waals surface area contributed by atoms with Gasteiger partial charge in [0.2, 0.25) is 5.90 Å². The van der Waals surface area contributed by atoms with Gasteiger partial charge < -0.3 is 20.7 Å². The molecule has 0 aromatic carbocycles. The van der Waals surface area contributed by atoms with Gasteiger partial charge in [-0.15, -0.1) is 0 Å². The molecule has 9 heteroatoms. The number of hydrogen-bond donors (Lipinski definition) is 4. The summed E-state index contributed by atoms with van der Waals surface area (Å²) in [6.45, 7) is 0.315. The minimum absolute atomic E-state index is 0. The SMILES string of the molecule is COC(=N)c1cnc(NC(=O)NCc2cccnc2N(C)C)cc1N.[HH].[HH].[HH]. The van der Waals surface area contributed by atoms with Crippen molar-refractivity contribution in [2.45, 2.75) is 6.54 Å². The average Bonchev–Trinajstić information content (AvgIpc) is 2.59. The lowest BCUT2D eigenvalue weighted by Gasteiger charge is -2.16. The normalized spacial score (nSPS) is 10.0. The highest BCUT2D eigenvalue weighted by Gasteiger charge is 2.11. The summed E-state index contributed by atoms with van der Waals surface area (Å²) in [5.41, 5.74) is 7.39. The average molecular weight is 349 g/mol. The van der Waals surface area contributed by atoms with Crippen molar-refractivity contribution in [3.63, 3.8) is 0 Å². The first-order chi connectivity index (χ1) is 11.9. The lowest BCUT2D eigenvalue weighted by atomic mass is 10.2. The second-order valence-electron chi connectivity index (χ2n) is 5.38. The molecule has 0 bridgehead atoms. The van der Waals surface area contributed by atoms with Gasteiger partial charge in [-0.25, -0.2) is 14.8 Å². The van der Waals surface area contributed by atoms with Crippen LogP contribution in [-0.2, 0) is 11.3 Å². The summed E-state index contributed by atoms with van der Waals surface area (Å²) >= 11 is 0. The summed E-state index contributed by atoms with van der Waals surface area (Å²) < 4.78 is 4.81. The summed E-state index contributed by atoms with van der Waals surface area (Å²) in [6, 6.07) is 4.75. The molecule has 2 rings (SSSR count). The van der Waals surface area contributed by atoms with E-state index in [1.165, 1.54) is 19.4 Å². The third kappa shape index (κ3) is 4.56. The topological polar surface area (TPSA) is 129 Å². The molecule has 0 spiro atoms. The number of aromatic nitrogens is 2. The number of rotatable bonds is 5. The molecule has 0 fully saturated rings. The van der Waals surface area contributed by atoms with E-state index < -0.39 is 6.03 Å². The molecule has 0 aliphatic heterocycles. The Kier molecular flexibility index (Phi) is 5.72. The zero-order valence-corrected chi connectivity index (χ0v) is 14.3. The van der Waals surface area contributed by atoms with E-state index in [0.29, 0.717) is 17.8 Å². The highest BCUT2D eigenvalue weighted by Crippen LogP contribution is 2.16. The summed E-state index contributed by atoms with van der Waals surface area (Å²) in [7, 11) is 5.15. The van der Waals surface area contributed by atoms with Crippen molar-refractivity contribution >= 4 is 29.3 Å². The predicted octanol–water partition coefficient (Wildman–Crippen LogP) is 2.16. The van der Waals surface area contributed by atoms with Crippen LogP contribution in [0.4, 0.5) is 22.1 Å². The van der Waals surface area contributed by atoms with E-state index in [4.69, 9.17) is 15.9 Å². The van der Waals surface area contributed by atoms with Gasteiger partial charge in [0.15, 0.2) is 0 Å². The summed E-state index contributed by atoms with van der Waals surface area (Å²) in [5.74, 6) is 0.975. The van der Waals surface area contributed by atoms with Crippen LogP contribution in [0.5, 0.6) is 0 Å². The molecule has 138 valence electrons. The molecule has 9 nitrogen and oxygen atoms in total. The molecule has 0 unspecified atom stereocenters. The van der Waals surface area contributed by atoms with Gasteiger partial charge >= 0.3 is 6.03 Å². The third-order valence-electron chi connectivity index (χ3n) is 3.36. The summed E-state index contributed by atoms with van der Waals surface area (Å²) in [6.07, 6.45) is 3.08. The molecule has 0 aliphatic carbocycles. The van der Waals surface area contributed by atoms with E-state index in [-0.39, 0.29) is 16.0 Å². The molecule has 0 saturated heterocycles. The van der Waals surface area contributed by atoms with E-state index in [1.54, 1.807) is 6.20 Å². The number of nitrogens with one attached hydrogen (secondary N) is 3. The number of urea groups is 1. The van der Waals surface area contributed by atoms with Crippen LogP contribution < -0.4 is 21.3 Å². The molecule has 2 aromatic rings. The molecule has 0 radical (unpaired) electrons. The Morgan fingerprint density at radius 3 is 2.84 bits per heavy atom. The van der Waals surface area contributed by atoms with Gasteiger partial charge in [0, 0.05) is 54.6 Å². The number of anilines is 3. The Balaban J connectivity index is 0. The number of carbonyl (C=O) groups excluding carboxylic acids is 1. The van der Waals surface area contributed by atoms with E-state index in [9.17, 15) is 4.79 Å². The van der Waals surface area contributed by atoms with Gasteiger partial charge in [0.1, 0.15) is 11.6 Å². The second kappa shape index (κ2) is 7.95. The van der Waals surface area contributed by atoms with Gasteiger partial charge in [-0.2, -0.15) is 0 Å². The number of hydrogen-bond acceptors (Lipinski definition) is 7. The van der Waals surface area contributed by atoms with E-state index in [1.807, 2.05) is 31.1 Å². The van der Waals surface area contributed by atoms with Crippen LogP contribution >= 0.6 is 0 Å². The van der Waals surface area contributed by atoms with Crippen molar-refractivity contribution in [1.29, 1.82) is 5.41 Å². The van der Waals surface area contributed by atoms with Gasteiger partial charge in [-0.1, -0.05) is 6.07 Å². The van der Waals surface area contributed by atoms with Crippen LogP contribution in [0.25, 0.3) is 0 Å². The van der Waals surface area contributed by atoms with Crippen molar-refractivity contribution < 1.29 is 13.8 Å². The monoisotopic (exact) mass is 349 g/mol. The van der Waals surface area contributed by atoms with Crippen molar-refractivity contribution in [2.75, 3.05) is 37.2 Å². The number of ether oxygens (including phenoxy) is 1. The number of nitrogens with two attached hydrogens (primary N) is 1. The fraction of sp³-hybridized carbons (Fsp3) is 0.250. The molecule has 25 heavy (non-hydrogen) atoms. The fourth-order valence-corrected chi connectivity index (χ4v) is 2.15. The molecule has 0 atom stereocenters. The molecule has 0 aliphatic rings. The van der Waals surface area contributed by atoms with E-state index in [0.717, 1.165) is 11.4 Å². The van der Waals surface area contributed by atoms with Crippen molar-refractivity contribution in [1.82, 2.24) is 15.3 Å². The number of nitrogens with zero attached hydrogens (tertiary/aromatic N) is 3. The lowest BCUT2D eigenvalue weighted by molar-refractivity contribution is 0.251. The number of pyridine rings is 2. The Labute approximate surface area is 150 Å². The van der Waals surface area contributed by atoms with Gasteiger partial charge in [-0.3, -0.25) is 10.7 Å². The predicted molar refractivity (Wildman–Crippen MR) is 103 cm³/mol. The minimum atomic E-state index is -0.421. The standard InChI is InChI=1S/C16H21N7O2.3H2/c1-23(2)15-10(5-4-6-19-15)8-21-16(24)22-13-7-12(17)11(9-20-13)14(18)25-3;;;/h4-7,9,18H,8H2,1-3H3,(H4,17,20,21,22,24);3*1H. The molecule has 2 heterocycles.